The fourth-order valence-electron chi connectivity index (χ4n) is 3.50. The van der Waals surface area contributed by atoms with Crippen LogP contribution < -0.4 is 9.19 Å². The molecule has 1 saturated heterocycles. The van der Waals surface area contributed by atoms with Gasteiger partial charge >= 0.3 is 10.1 Å². The Kier molecular flexibility index (Phi) is 6.54. The molecule has 0 aliphatic carbocycles. The predicted octanol–water partition coefficient (Wildman–Crippen LogP) is 4.63. The fraction of sp³-hybridized carbons (Fsp3) is 0.130. The second-order valence-electron chi connectivity index (χ2n) is 7.73. The van der Waals surface area contributed by atoms with Crippen LogP contribution in [0.2, 0.25) is 0 Å². The van der Waals surface area contributed by atoms with Crippen LogP contribution in [-0.4, -0.2) is 28.2 Å². The highest BCUT2D eigenvalue weighted by molar-refractivity contribution is 8.27. The van der Waals surface area contributed by atoms with Gasteiger partial charge in [-0.3, -0.25) is 19.6 Å². The van der Waals surface area contributed by atoms with Crippen molar-refractivity contribution >= 4 is 56.1 Å². The Morgan fingerprint density at radius 2 is 1.66 bits per heavy atom. The van der Waals surface area contributed by atoms with Crippen LogP contribution in [0.4, 0.5) is 5.69 Å². The van der Waals surface area contributed by atoms with Crippen molar-refractivity contribution in [3.63, 3.8) is 0 Å². The smallest absolute Gasteiger partial charge is 0.339 e. The molecule has 1 amide bonds. The lowest BCUT2D eigenvalue weighted by Gasteiger charge is -2.20. The van der Waals surface area contributed by atoms with Crippen molar-refractivity contribution in [2.45, 2.75) is 25.7 Å². The summed E-state index contributed by atoms with van der Waals surface area (Å²) in [6.45, 7) is 5.29. The summed E-state index contributed by atoms with van der Waals surface area (Å²) in [6, 6.07) is 13.4. The van der Waals surface area contributed by atoms with Crippen molar-refractivity contribution in [1.82, 2.24) is 4.68 Å². The van der Waals surface area contributed by atoms with Crippen molar-refractivity contribution in [1.29, 1.82) is 0 Å². The SMILES string of the molecule is Cc1ccc(S(=O)(=O)Oc2ccc(/C=C3\SC(=S)N(n4c(C)ccc4C)C3=O)cc2)cc1[N+](=O)[O-]. The molecular weight excluding hydrogens is 510 g/mol. The number of nitrogens with zero attached hydrogens (tertiary/aromatic N) is 3. The average molecular weight is 530 g/mol. The third-order valence-corrected chi connectivity index (χ3v) is 7.78. The molecule has 180 valence electrons. The van der Waals surface area contributed by atoms with Crippen molar-refractivity contribution in [2.75, 3.05) is 5.01 Å². The molecule has 1 aliphatic heterocycles. The zero-order valence-electron chi connectivity index (χ0n) is 18.8. The first-order valence-corrected chi connectivity index (χ1v) is 12.8. The van der Waals surface area contributed by atoms with Gasteiger partial charge in [-0.2, -0.15) is 13.4 Å². The van der Waals surface area contributed by atoms with Crippen LogP contribution in [0.25, 0.3) is 6.08 Å². The number of thiocarbonyl (C=S) groups is 1. The Morgan fingerprint density at radius 1 is 1.03 bits per heavy atom. The molecule has 1 fully saturated rings. The summed E-state index contributed by atoms with van der Waals surface area (Å²) in [5, 5.41) is 12.6. The lowest BCUT2D eigenvalue weighted by Crippen LogP contribution is -2.39. The third-order valence-electron chi connectivity index (χ3n) is 5.26. The van der Waals surface area contributed by atoms with Gasteiger partial charge in [0.05, 0.1) is 9.83 Å². The van der Waals surface area contributed by atoms with Crippen LogP contribution >= 0.6 is 24.0 Å². The number of rotatable bonds is 6. The predicted molar refractivity (Wildman–Crippen MR) is 137 cm³/mol. The number of nitro benzene ring substituents is 1. The molecule has 0 atom stereocenters. The summed E-state index contributed by atoms with van der Waals surface area (Å²) in [5.41, 5.74) is 2.42. The van der Waals surface area contributed by atoms with Crippen molar-refractivity contribution < 1.29 is 22.3 Å². The van der Waals surface area contributed by atoms with Gasteiger partial charge in [-0.15, -0.1) is 0 Å². The van der Waals surface area contributed by atoms with Crippen LogP contribution in [0.15, 0.2) is 64.4 Å². The van der Waals surface area contributed by atoms with E-state index in [1.165, 1.54) is 48.0 Å². The maximum absolute atomic E-state index is 13.0. The normalized spacial score (nSPS) is 15.2. The fourth-order valence-corrected chi connectivity index (χ4v) is 5.69. The van der Waals surface area contributed by atoms with Gasteiger partial charge in [0.2, 0.25) is 0 Å². The molecule has 0 bridgehead atoms. The Balaban J connectivity index is 1.54. The van der Waals surface area contributed by atoms with E-state index in [1.807, 2.05) is 26.0 Å². The first-order chi connectivity index (χ1) is 16.5. The van der Waals surface area contributed by atoms with Gasteiger partial charge in [-0.1, -0.05) is 30.0 Å². The van der Waals surface area contributed by atoms with Gasteiger partial charge in [-0.25, -0.2) is 0 Å². The van der Waals surface area contributed by atoms with E-state index in [0.29, 0.717) is 20.4 Å². The second kappa shape index (κ2) is 9.29. The summed E-state index contributed by atoms with van der Waals surface area (Å²) in [7, 11) is -4.28. The molecule has 0 N–H and O–H groups in total. The minimum Gasteiger partial charge on any atom is -0.379 e. The lowest BCUT2D eigenvalue weighted by atomic mass is 10.2. The molecule has 2 heterocycles. The molecule has 1 aliphatic rings. The van der Waals surface area contributed by atoms with Crippen LogP contribution in [0.3, 0.4) is 0 Å². The Morgan fingerprint density at radius 3 is 2.26 bits per heavy atom. The molecule has 0 radical (unpaired) electrons. The highest BCUT2D eigenvalue weighted by Crippen LogP contribution is 2.33. The van der Waals surface area contributed by atoms with E-state index >= 15 is 0 Å². The zero-order chi connectivity index (χ0) is 25.5. The standard InChI is InChI=1S/C23H19N3O6S3/c1-14-4-11-19(13-20(14)26(28)29)35(30,31)32-18-9-7-17(8-10-18)12-21-22(27)25(23(33)34-21)24-15(2)5-6-16(24)3/h4-13H,1-3H3/b21-12-. The summed E-state index contributed by atoms with van der Waals surface area (Å²) < 4.78 is 32.5. The summed E-state index contributed by atoms with van der Waals surface area (Å²) in [5.74, 6) is -0.234. The van der Waals surface area contributed by atoms with Crippen LogP contribution in [0.5, 0.6) is 5.75 Å². The van der Waals surface area contributed by atoms with Crippen molar-refractivity contribution in [2.24, 2.45) is 0 Å². The highest BCUT2D eigenvalue weighted by Gasteiger charge is 2.34. The van der Waals surface area contributed by atoms with Gasteiger partial charge in [0.25, 0.3) is 11.6 Å². The van der Waals surface area contributed by atoms with Crippen LogP contribution in [0.1, 0.15) is 22.5 Å². The quantitative estimate of drug-likeness (QED) is 0.149. The van der Waals surface area contributed by atoms with E-state index in [1.54, 1.807) is 22.9 Å². The van der Waals surface area contributed by atoms with Crippen molar-refractivity contribution in [3.8, 4) is 5.75 Å². The van der Waals surface area contributed by atoms with E-state index < -0.39 is 15.0 Å². The molecule has 2 aromatic carbocycles. The van der Waals surface area contributed by atoms with E-state index in [9.17, 15) is 23.3 Å². The average Bonchev–Trinajstić information content (AvgIpc) is 3.25. The first kappa shape index (κ1) is 24.6. The topological polar surface area (TPSA) is 112 Å². The highest BCUT2D eigenvalue weighted by atomic mass is 32.2. The summed E-state index contributed by atoms with van der Waals surface area (Å²) in [4.78, 5) is 23.6. The number of nitro groups is 1. The molecular formula is C23H19N3O6S3. The molecule has 0 spiro atoms. The Labute approximate surface area is 211 Å². The summed E-state index contributed by atoms with van der Waals surface area (Å²) >= 11 is 6.59. The number of aryl methyl sites for hydroxylation is 3. The summed E-state index contributed by atoms with van der Waals surface area (Å²) in [6.07, 6.45) is 1.66. The molecule has 1 aromatic heterocycles. The number of amides is 1. The minimum atomic E-state index is -4.28. The van der Waals surface area contributed by atoms with E-state index in [0.717, 1.165) is 17.5 Å². The van der Waals surface area contributed by atoms with Crippen molar-refractivity contribution in [3.05, 3.63) is 92.1 Å². The monoisotopic (exact) mass is 529 g/mol. The Hall–Kier alpha value is -3.48. The van der Waals surface area contributed by atoms with Gasteiger partial charge < -0.3 is 4.18 Å². The number of carbonyl (C=O) groups excluding carboxylic acids is 1. The van der Waals surface area contributed by atoms with Crippen LogP contribution in [-0.2, 0) is 14.9 Å². The Bertz CT molecular complexity index is 1490. The molecule has 3 aromatic rings. The number of hydrogen-bond acceptors (Lipinski definition) is 8. The third kappa shape index (κ3) is 4.85. The molecule has 0 unspecified atom stereocenters. The number of thioether (sulfide) groups is 1. The van der Waals surface area contributed by atoms with Gasteiger partial charge in [0.15, 0.2) is 4.32 Å². The molecule has 9 nitrogen and oxygen atoms in total. The maximum Gasteiger partial charge on any atom is 0.339 e. The number of aromatic nitrogens is 1. The van der Waals surface area contributed by atoms with E-state index in [-0.39, 0.29) is 22.2 Å². The maximum atomic E-state index is 13.0. The van der Waals surface area contributed by atoms with Gasteiger partial charge in [0, 0.05) is 23.0 Å². The molecule has 12 heteroatoms. The first-order valence-electron chi connectivity index (χ1n) is 10.2. The van der Waals surface area contributed by atoms with E-state index in [2.05, 4.69) is 0 Å². The van der Waals surface area contributed by atoms with Crippen LogP contribution in [0, 0.1) is 30.9 Å². The zero-order valence-corrected chi connectivity index (χ0v) is 21.2. The van der Waals surface area contributed by atoms with E-state index in [4.69, 9.17) is 16.4 Å². The molecule has 4 rings (SSSR count). The number of benzene rings is 2. The number of hydrogen-bond donors (Lipinski definition) is 0. The second-order valence-corrected chi connectivity index (χ2v) is 11.0. The number of carbonyl (C=O) groups is 1. The molecule has 0 saturated carbocycles. The van der Waals surface area contributed by atoms with Gasteiger partial charge in [0.1, 0.15) is 10.6 Å². The lowest BCUT2D eigenvalue weighted by molar-refractivity contribution is -0.385. The minimum absolute atomic E-state index is 0.0246. The largest absolute Gasteiger partial charge is 0.379 e. The van der Waals surface area contributed by atoms with Gasteiger partial charge in [-0.05, 0) is 75.0 Å². The molecule has 35 heavy (non-hydrogen) atoms.